The largest absolute Gasteiger partial charge is 0.463 e. The highest BCUT2D eigenvalue weighted by Gasteiger charge is 2.10. The summed E-state index contributed by atoms with van der Waals surface area (Å²) in [7, 11) is 0. The van der Waals surface area contributed by atoms with Gasteiger partial charge in [-0.25, -0.2) is 0 Å². The first-order valence-corrected chi connectivity index (χ1v) is 13.0. The topological polar surface area (TPSA) is 26.3 Å². The van der Waals surface area contributed by atoms with Crippen molar-refractivity contribution in [2.45, 2.75) is 155 Å². The Morgan fingerprint density at radius 2 is 1.07 bits per heavy atom. The van der Waals surface area contributed by atoms with Gasteiger partial charge in [0.2, 0.25) is 0 Å². The Labute approximate surface area is 183 Å². The van der Waals surface area contributed by atoms with Crippen LogP contribution >= 0.6 is 0 Å². The van der Waals surface area contributed by atoms with Crippen LogP contribution in [0.5, 0.6) is 0 Å². The van der Waals surface area contributed by atoms with Crippen molar-refractivity contribution >= 4 is 5.97 Å². The normalized spacial score (nSPS) is 12.5. The van der Waals surface area contributed by atoms with Gasteiger partial charge in [-0.3, -0.25) is 4.79 Å². The summed E-state index contributed by atoms with van der Waals surface area (Å²) >= 11 is 0. The van der Waals surface area contributed by atoms with E-state index < -0.39 is 0 Å². The van der Waals surface area contributed by atoms with Crippen molar-refractivity contribution in [3.05, 3.63) is 12.2 Å². The molecule has 0 rings (SSSR count). The number of allylic oxidation sites excluding steroid dienone is 2. The number of carbonyl (C=O) groups excluding carboxylic acids is 1. The first-order chi connectivity index (χ1) is 14.2. The molecule has 0 N–H and O–H groups in total. The quantitative estimate of drug-likeness (QED) is 0.101. The van der Waals surface area contributed by atoms with E-state index in [2.05, 4.69) is 26.0 Å². The van der Waals surface area contributed by atoms with Gasteiger partial charge in [-0.15, -0.1) is 0 Å². The molecule has 0 aromatic carbocycles. The van der Waals surface area contributed by atoms with Crippen LogP contribution in [0.25, 0.3) is 0 Å². The second kappa shape index (κ2) is 23.5. The molecular weight excluding hydrogens is 356 g/mol. The number of ether oxygens (including phenoxy) is 1. The van der Waals surface area contributed by atoms with Crippen LogP contribution in [0.4, 0.5) is 0 Å². The molecule has 0 radical (unpaired) electrons. The number of hydrogen-bond donors (Lipinski definition) is 0. The van der Waals surface area contributed by atoms with E-state index in [1.54, 1.807) is 0 Å². The first kappa shape index (κ1) is 28.2. The van der Waals surface area contributed by atoms with Gasteiger partial charge in [0.05, 0.1) is 0 Å². The van der Waals surface area contributed by atoms with Crippen molar-refractivity contribution < 1.29 is 9.53 Å². The van der Waals surface area contributed by atoms with E-state index in [4.69, 9.17) is 4.74 Å². The molecule has 0 amide bonds. The van der Waals surface area contributed by atoms with Crippen LogP contribution in [0, 0.1) is 0 Å². The van der Waals surface area contributed by atoms with Crippen molar-refractivity contribution in [3.8, 4) is 0 Å². The van der Waals surface area contributed by atoms with Gasteiger partial charge in [-0.1, -0.05) is 116 Å². The third-order valence-corrected chi connectivity index (χ3v) is 5.76. The van der Waals surface area contributed by atoms with E-state index in [0.29, 0.717) is 0 Å². The smallest absolute Gasteiger partial charge is 0.302 e. The average Bonchev–Trinajstić information content (AvgIpc) is 2.70. The summed E-state index contributed by atoms with van der Waals surface area (Å²) < 4.78 is 5.50. The van der Waals surface area contributed by atoms with E-state index >= 15 is 0 Å². The zero-order chi connectivity index (χ0) is 21.4. The summed E-state index contributed by atoms with van der Waals surface area (Å²) in [6.45, 7) is 6.06. The molecule has 0 bridgehead atoms. The molecule has 0 aromatic rings. The van der Waals surface area contributed by atoms with Gasteiger partial charge >= 0.3 is 5.97 Å². The van der Waals surface area contributed by atoms with E-state index in [-0.39, 0.29) is 12.1 Å². The molecule has 2 nitrogen and oxygen atoms in total. The molecule has 0 aliphatic heterocycles. The maximum atomic E-state index is 11.3. The third kappa shape index (κ3) is 23.4. The molecule has 0 saturated heterocycles. The van der Waals surface area contributed by atoms with Crippen LogP contribution in [0.3, 0.4) is 0 Å². The second-order valence-corrected chi connectivity index (χ2v) is 8.81. The van der Waals surface area contributed by atoms with Crippen LogP contribution in [-0.2, 0) is 9.53 Å². The Kier molecular flexibility index (Phi) is 22.8. The highest BCUT2D eigenvalue weighted by atomic mass is 16.5. The Morgan fingerprint density at radius 1 is 0.621 bits per heavy atom. The standard InChI is InChI=1S/C27H52O2/c1-4-6-8-10-11-12-13-14-15-16-17-18-19-21-23-25-27(29-26(3)28)24-22-20-9-7-5-2/h19,21,27H,4-18,20,22-25H2,1-3H3/b21-19+. The number of esters is 1. The molecule has 29 heavy (non-hydrogen) atoms. The lowest BCUT2D eigenvalue weighted by molar-refractivity contribution is -0.146. The van der Waals surface area contributed by atoms with E-state index in [9.17, 15) is 4.79 Å². The summed E-state index contributed by atoms with van der Waals surface area (Å²) in [5, 5.41) is 0. The van der Waals surface area contributed by atoms with E-state index in [1.807, 2.05) is 0 Å². The first-order valence-electron chi connectivity index (χ1n) is 13.0. The zero-order valence-electron chi connectivity index (χ0n) is 20.2. The van der Waals surface area contributed by atoms with Crippen LogP contribution < -0.4 is 0 Å². The molecule has 0 aliphatic rings. The minimum Gasteiger partial charge on any atom is -0.463 e. The Balaban J connectivity index is 3.54. The Hall–Kier alpha value is -0.790. The lowest BCUT2D eigenvalue weighted by atomic mass is 10.0. The highest BCUT2D eigenvalue weighted by Crippen LogP contribution is 2.15. The van der Waals surface area contributed by atoms with Gasteiger partial charge in [-0.05, 0) is 38.5 Å². The lowest BCUT2D eigenvalue weighted by Gasteiger charge is -2.16. The third-order valence-electron chi connectivity index (χ3n) is 5.76. The second-order valence-electron chi connectivity index (χ2n) is 8.81. The maximum absolute atomic E-state index is 11.3. The lowest BCUT2D eigenvalue weighted by Crippen LogP contribution is -2.16. The molecule has 172 valence electrons. The van der Waals surface area contributed by atoms with Crippen molar-refractivity contribution in [2.24, 2.45) is 0 Å². The molecule has 0 aromatic heterocycles. The summed E-state index contributed by atoms with van der Waals surface area (Å²) in [4.78, 5) is 11.3. The van der Waals surface area contributed by atoms with Gasteiger partial charge in [0.25, 0.3) is 0 Å². The average molecular weight is 409 g/mol. The van der Waals surface area contributed by atoms with Crippen molar-refractivity contribution in [1.82, 2.24) is 0 Å². The van der Waals surface area contributed by atoms with Crippen LogP contribution in [0.15, 0.2) is 12.2 Å². The molecule has 0 spiro atoms. The maximum Gasteiger partial charge on any atom is 0.302 e. The molecule has 1 unspecified atom stereocenters. The highest BCUT2D eigenvalue weighted by molar-refractivity contribution is 5.66. The van der Waals surface area contributed by atoms with Crippen LogP contribution in [0.2, 0.25) is 0 Å². The minimum absolute atomic E-state index is 0.112. The molecule has 0 fully saturated rings. The van der Waals surface area contributed by atoms with Crippen molar-refractivity contribution in [3.63, 3.8) is 0 Å². The fourth-order valence-corrected chi connectivity index (χ4v) is 3.92. The molecule has 0 saturated carbocycles. The monoisotopic (exact) mass is 408 g/mol. The molecular formula is C27H52O2. The van der Waals surface area contributed by atoms with E-state index in [1.165, 1.54) is 116 Å². The summed E-state index contributed by atoms with van der Waals surface area (Å²) in [6, 6.07) is 0. The predicted octanol–water partition coefficient (Wildman–Crippen LogP) is 9.32. The van der Waals surface area contributed by atoms with Crippen LogP contribution in [0.1, 0.15) is 149 Å². The van der Waals surface area contributed by atoms with Crippen molar-refractivity contribution in [2.75, 3.05) is 0 Å². The van der Waals surface area contributed by atoms with Gasteiger partial charge < -0.3 is 4.74 Å². The number of unbranched alkanes of at least 4 members (excludes halogenated alkanes) is 15. The van der Waals surface area contributed by atoms with Gasteiger partial charge in [0.1, 0.15) is 6.10 Å². The fraction of sp³-hybridized carbons (Fsp3) is 0.889. The molecule has 2 heteroatoms. The predicted molar refractivity (Wildman–Crippen MR) is 128 cm³/mol. The number of carbonyl (C=O) groups is 1. The molecule has 1 atom stereocenters. The summed E-state index contributed by atoms with van der Waals surface area (Å²) in [5.74, 6) is -0.131. The van der Waals surface area contributed by atoms with Gasteiger partial charge in [0, 0.05) is 6.92 Å². The fourth-order valence-electron chi connectivity index (χ4n) is 3.92. The van der Waals surface area contributed by atoms with Crippen LogP contribution in [-0.4, -0.2) is 12.1 Å². The minimum atomic E-state index is -0.131. The SMILES string of the molecule is CCCCCCCCCCCCC/C=C/CCC(CCCCCCC)OC(C)=O. The Morgan fingerprint density at radius 3 is 1.59 bits per heavy atom. The molecule has 0 heterocycles. The summed E-state index contributed by atoms with van der Waals surface area (Å²) in [6.07, 6.45) is 30.8. The number of hydrogen-bond acceptors (Lipinski definition) is 2. The zero-order valence-corrected chi connectivity index (χ0v) is 20.2. The van der Waals surface area contributed by atoms with Gasteiger partial charge in [0.15, 0.2) is 0 Å². The van der Waals surface area contributed by atoms with E-state index in [0.717, 1.165) is 19.3 Å². The molecule has 0 aliphatic carbocycles. The summed E-state index contributed by atoms with van der Waals surface area (Å²) in [5.41, 5.74) is 0. The number of rotatable bonds is 22. The Bertz CT molecular complexity index is 362. The van der Waals surface area contributed by atoms with Gasteiger partial charge in [-0.2, -0.15) is 0 Å². The van der Waals surface area contributed by atoms with Crippen molar-refractivity contribution in [1.29, 1.82) is 0 Å².